The Bertz CT molecular complexity index is 167. The molecular formula is C8H11BrO2. The number of esters is 1. The first-order chi connectivity index (χ1) is 5.31. The molecule has 0 aromatic carbocycles. The van der Waals surface area contributed by atoms with E-state index in [4.69, 9.17) is 4.74 Å². The molecule has 0 heterocycles. The molecular weight excluding hydrogens is 208 g/mol. The van der Waals surface area contributed by atoms with Crippen LogP contribution < -0.4 is 0 Å². The van der Waals surface area contributed by atoms with Gasteiger partial charge in [-0.05, 0) is 18.2 Å². The van der Waals surface area contributed by atoms with Crippen LogP contribution in [0.4, 0.5) is 0 Å². The quantitative estimate of drug-likeness (QED) is 0.411. The van der Waals surface area contributed by atoms with E-state index in [1.54, 1.807) is 6.92 Å². The Labute approximate surface area is 75.4 Å². The van der Waals surface area contributed by atoms with E-state index in [9.17, 15) is 4.79 Å². The summed E-state index contributed by atoms with van der Waals surface area (Å²) in [5.41, 5.74) is 0. The third kappa shape index (κ3) is 7.41. The highest BCUT2D eigenvalue weighted by Crippen LogP contribution is 1.96. The van der Waals surface area contributed by atoms with Crippen molar-refractivity contribution in [1.29, 1.82) is 0 Å². The molecule has 3 heteroatoms. The van der Waals surface area contributed by atoms with Gasteiger partial charge >= 0.3 is 5.97 Å². The number of hydrogen-bond donors (Lipinski definition) is 0. The number of carbonyl (C=O) groups is 1. The minimum Gasteiger partial charge on any atom is -0.466 e. The molecule has 11 heavy (non-hydrogen) atoms. The summed E-state index contributed by atoms with van der Waals surface area (Å²) >= 11 is 2.97. The predicted molar refractivity (Wildman–Crippen MR) is 47.2 cm³/mol. The maximum atomic E-state index is 10.7. The molecule has 0 aliphatic heterocycles. The van der Waals surface area contributed by atoms with Crippen LogP contribution in [0.5, 0.6) is 0 Å². The zero-order valence-electron chi connectivity index (χ0n) is 6.52. The molecule has 0 aromatic rings. The van der Waals surface area contributed by atoms with Crippen molar-refractivity contribution in [3.05, 3.63) is 0 Å². The average Bonchev–Trinajstić information content (AvgIpc) is 1.99. The van der Waals surface area contributed by atoms with E-state index in [0.29, 0.717) is 13.0 Å². The molecule has 0 spiro atoms. The Hall–Kier alpha value is -0.490. The van der Waals surface area contributed by atoms with Gasteiger partial charge in [0, 0.05) is 28.8 Å². The van der Waals surface area contributed by atoms with E-state index in [1.165, 1.54) is 0 Å². The van der Waals surface area contributed by atoms with Crippen molar-refractivity contribution < 1.29 is 9.53 Å². The van der Waals surface area contributed by atoms with Crippen LogP contribution >= 0.6 is 15.9 Å². The fourth-order valence-electron chi connectivity index (χ4n) is 0.602. The van der Waals surface area contributed by atoms with Crippen molar-refractivity contribution in [2.24, 2.45) is 0 Å². The largest absolute Gasteiger partial charge is 0.466 e. The summed E-state index contributed by atoms with van der Waals surface area (Å²) in [4.78, 5) is 13.3. The van der Waals surface area contributed by atoms with E-state index in [0.717, 1.165) is 12.8 Å². The van der Waals surface area contributed by atoms with Crippen molar-refractivity contribution in [2.75, 3.05) is 6.61 Å². The van der Waals surface area contributed by atoms with Gasteiger partial charge in [0.05, 0.1) is 6.61 Å². The lowest BCUT2D eigenvalue weighted by molar-refractivity contribution is -0.143. The Morgan fingerprint density at radius 1 is 1.64 bits per heavy atom. The van der Waals surface area contributed by atoms with Gasteiger partial charge in [0.25, 0.3) is 0 Å². The number of carbonyl (C=O) groups excluding carboxylic acids is 1. The van der Waals surface area contributed by atoms with Crippen LogP contribution in [0.25, 0.3) is 0 Å². The van der Waals surface area contributed by atoms with Crippen molar-refractivity contribution in [2.45, 2.75) is 26.2 Å². The van der Waals surface area contributed by atoms with Crippen LogP contribution in [0, 0.1) is 10.8 Å². The fourth-order valence-corrected chi connectivity index (χ4v) is 0.800. The number of halogens is 1. The fraction of sp³-hybridized carbons (Fsp3) is 0.625. The van der Waals surface area contributed by atoms with Gasteiger partial charge in [-0.15, -0.1) is 0 Å². The first-order valence-corrected chi connectivity index (χ1v) is 4.34. The average molecular weight is 219 g/mol. The second-order valence-corrected chi connectivity index (χ2v) is 2.33. The van der Waals surface area contributed by atoms with E-state index in [2.05, 4.69) is 26.7 Å². The summed E-state index contributed by atoms with van der Waals surface area (Å²) in [6.45, 7) is 2.26. The van der Waals surface area contributed by atoms with Gasteiger partial charge < -0.3 is 4.74 Å². The van der Waals surface area contributed by atoms with E-state index in [-0.39, 0.29) is 5.97 Å². The van der Waals surface area contributed by atoms with Gasteiger partial charge in [-0.1, -0.05) is 5.92 Å². The molecule has 0 saturated carbocycles. The van der Waals surface area contributed by atoms with Crippen LogP contribution in [0.1, 0.15) is 26.2 Å². The number of ether oxygens (including phenoxy) is 1. The number of rotatable bonds is 4. The van der Waals surface area contributed by atoms with Gasteiger partial charge in [-0.3, -0.25) is 4.79 Å². The zero-order chi connectivity index (χ0) is 8.53. The number of hydrogen-bond acceptors (Lipinski definition) is 2. The van der Waals surface area contributed by atoms with Crippen molar-refractivity contribution in [3.63, 3.8) is 0 Å². The predicted octanol–water partition coefficient (Wildman–Crippen LogP) is 2.08. The Kier molecular flexibility index (Phi) is 7.28. The standard InChI is InChI=1S/C8H11BrO2/c1-2-11-8(10)6-4-3-5-7-9/h2-4,6H2,1H3. The summed E-state index contributed by atoms with van der Waals surface area (Å²) in [6, 6.07) is 0. The van der Waals surface area contributed by atoms with Crippen LogP contribution in [-0.4, -0.2) is 12.6 Å². The van der Waals surface area contributed by atoms with Gasteiger partial charge in [-0.25, -0.2) is 0 Å². The topological polar surface area (TPSA) is 26.3 Å². The first kappa shape index (κ1) is 10.5. The zero-order valence-corrected chi connectivity index (χ0v) is 8.11. The molecule has 0 saturated heterocycles. The molecule has 2 nitrogen and oxygen atoms in total. The third-order valence-electron chi connectivity index (χ3n) is 1.05. The molecule has 0 radical (unpaired) electrons. The molecule has 0 unspecified atom stereocenters. The third-order valence-corrected chi connectivity index (χ3v) is 1.34. The van der Waals surface area contributed by atoms with E-state index in [1.807, 2.05) is 0 Å². The van der Waals surface area contributed by atoms with Gasteiger partial charge in [0.15, 0.2) is 0 Å². The maximum absolute atomic E-state index is 10.7. The number of unbranched alkanes of at least 4 members (excludes halogenated alkanes) is 1. The lowest BCUT2D eigenvalue weighted by Gasteiger charge is -1.97. The summed E-state index contributed by atoms with van der Waals surface area (Å²) in [7, 11) is 0. The minimum atomic E-state index is -0.135. The monoisotopic (exact) mass is 218 g/mol. The smallest absolute Gasteiger partial charge is 0.305 e. The molecule has 0 fully saturated rings. The van der Waals surface area contributed by atoms with Crippen LogP contribution in [0.2, 0.25) is 0 Å². The SMILES string of the molecule is CCOC(=O)CCCC#CBr. The van der Waals surface area contributed by atoms with Crippen LogP contribution in [0.3, 0.4) is 0 Å². The normalized spacial score (nSPS) is 8.18. The second-order valence-electron chi connectivity index (χ2n) is 1.93. The highest BCUT2D eigenvalue weighted by atomic mass is 79.9. The minimum absolute atomic E-state index is 0.135. The molecule has 0 atom stereocenters. The molecule has 0 N–H and O–H groups in total. The van der Waals surface area contributed by atoms with Crippen LogP contribution in [0.15, 0.2) is 0 Å². The highest BCUT2D eigenvalue weighted by molar-refractivity contribution is 9.12. The summed E-state index contributed by atoms with van der Waals surface area (Å²) < 4.78 is 4.72. The Morgan fingerprint density at radius 3 is 2.91 bits per heavy atom. The second kappa shape index (κ2) is 7.62. The van der Waals surface area contributed by atoms with Crippen LogP contribution in [-0.2, 0) is 9.53 Å². The molecule has 0 aliphatic carbocycles. The summed E-state index contributed by atoms with van der Waals surface area (Å²) in [5.74, 6) is 2.67. The van der Waals surface area contributed by atoms with Crippen molar-refractivity contribution in [1.82, 2.24) is 0 Å². The maximum Gasteiger partial charge on any atom is 0.305 e. The van der Waals surface area contributed by atoms with Gasteiger partial charge in [-0.2, -0.15) is 0 Å². The molecule has 0 aromatic heterocycles. The Balaban J connectivity index is 3.22. The van der Waals surface area contributed by atoms with Gasteiger partial charge in [0.1, 0.15) is 0 Å². The molecule has 0 rings (SSSR count). The summed E-state index contributed by atoms with van der Waals surface area (Å²) in [5, 5.41) is 0. The molecule has 0 bridgehead atoms. The lowest BCUT2D eigenvalue weighted by Crippen LogP contribution is -2.02. The van der Waals surface area contributed by atoms with E-state index >= 15 is 0 Å². The van der Waals surface area contributed by atoms with Gasteiger partial charge in [0.2, 0.25) is 0 Å². The molecule has 62 valence electrons. The van der Waals surface area contributed by atoms with Crippen molar-refractivity contribution >= 4 is 21.9 Å². The molecule has 0 aliphatic rings. The lowest BCUT2D eigenvalue weighted by atomic mass is 10.2. The first-order valence-electron chi connectivity index (χ1n) is 3.55. The van der Waals surface area contributed by atoms with E-state index < -0.39 is 0 Å². The Morgan fingerprint density at radius 2 is 2.36 bits per heavy atom. The summed E-state index contributed by atoms with van der Waals surface area (Å²) in [6.07, 6.45) is 1.98. The molecule has 0 amide bonds. The highest BCUT2D eigenvalue weighted by Gasteiger charge is 1.98. The van der Waals surface area contributed by atoms with Crippen molar-refractivity contribution in [3.8, 4) is 10.8 Å².